The molecular weight excluding hydrogens is 258 g/mol. The van der Waals surface area contributed by atoms with Gasteiger partial charge in [-0.1, -0.05) is 15.9 Å². The quantitative estimate of drug-likeness (QED) is 0.850. The van der Waals surface area contributed by atoms with Crippen LogP contribution in [-0.2, 0) is 5.33 Å². The van der Waals surface area contributed by atoms with E-state index in [4.69, 9.17) is 5.73 Å². The summed E-state index contributed by atoms with van der Waals surface area (Å²) in [6.45, 7) is 0. The molecule has 14 heavy (non-hydrogen) atoms. The number of halogens is 3. The number of carbonyl (C=O) groups is 1. The molecule has 6 heteroatoms. The molecule has 0 spiro atoms. The largest absolute Gasteiger partial charge is 0.366 e. The van der Waals surface area contributed by atoms with Gasteiger partial charge in [0.05, 0.1) is 0 Å². The molecule has 0 atom stereocenters. The highest BCUT2D eigenvalue weighted by Gasteiger charge is 2.14. The van der Waals surface area contributed by atoms with Gasteiger partial charge in [0, 0.05) is 17.1 Å². The van der Waals surface area contributed by atoms with Crippen LogP contribution in [-0.4, -0.2) is 10.9 Å². The maximum atomic E-state index is 12.2. The van der Waals surface area contributed by atoms with E-state index in [1.54, 1.807) is 0 Å². The molecule has 1 amide bonds. The molecule has 0 radical (unpaired) electrons. The van der Waals surface area contributed by atoms with E-state index in [1.165, 1.54) is 6.20 Å². The van der Waals surface area contributed by atoms with Gasteiger partial charge in [-0.3, -0.25) is 9.78 Å². The molecule has 0 unspecified atom stereocenters. The molecule has 0 aliphatic rings. The van der Waals surface area contributed by atoms with Crippen molar-refractivity contribution in [1.82, 2.24) is 4.98 Å². The predicted molar refractivity (Wildman–Crippen MR) is 50.3 cm³/mol. The fourth-order valence-electron chi connectivity index (χ4n) is 0.955. The van der Waals surface area contributed by atoms with Gasteiger partial charge in [0.15, 0.2) is 0 Å². The van der Waals surface area contributed by atoms with Crippen molar-refractivity contribution in [3.05, 3.63) is 29.1 Å². The highest BCUT2D eigenvalue weighted by molar-refractivity contribution is 9.08. The smallest absolute Gasteiger partial charge is 0.280 e. The summed E-state index contributed by atoms with van der Waals surface area (Å²) < 4.78 is 24.4. The second-order valence-electron chi connectivity index (χ2n) is 2.56. The average Bonchev–Trinajstić information content (AvgIpc) is 2.16. The van der Waals surface area contributed by atoms with Gasteiger partial charge in [-0.25, -0.2) is 8.78 Å². The number of alkyl halides is 3. The van der Waals surface area contributed by atoms with Gasteiger partial charge in [0.2, 0.25) is 5.91 Å². The maximum absolute atomic E-state index is 12.2. The predicted octanol–water partition coefficient (Wildman–Crippen LogP) is 2.01. The molecule has 0 saturated carbocycles. The van der Waals surface area contributed by atoms with Crippen LogP contribution < -0.4 is 5.73 Å². The Balaban J connectivity index is 3.21. The van der Waals surface area contributed by atoms with Gasteiger partial charge < -0.3 is 5.73 Å². The van der Waals surface area contributed by atoms with E-state index >= 15 is 0 Å². The molecule has 0 bridgehead atoms. The van der Waals surface area contributed by atoms with Crippen molar-refractivity contribution in [3.8, 4) is 0 Å². The van der Waals surface area contributed by atoms with E-state index in [9.17, 15) is 13.6 Å². The van der Waals surface area contributed by atoms with Gasteiger partial charge in [-0.15, -0.1) is 0 Å². The molecule has 0 fully saturated rings. The summed E-state index contributed by atoms with van der Waals surface area (Å²) in [7, 11) is 0. The van der Waals surface area contributed by atoms with Crippen molar-refractivity contribution in [2.45, 2.75) is 11.8 Å². The number of nitrogens with zero attached hydrogens (tertiary/aromatic N) is 1. The second kappa shape index (κ2) is 4.45. The molecule has 1 rings (SSSR count). The second-order valence-corrected chi connectivity index (χ2v) is 3.13. The lowest BCUT2D eigenvalue weighted by Crippen LogP contribution is -2.14. The number of pyridine rings is 1. The molecular formula is C8H7BrF2N2O. The highest BCUT2D eigenvalue weighted by atomic mass is 79.9. The van der Waals surface area contributed by atoms with Crippen LogP contribution in [0.5, 0.6) is 0 Å². The first kappa shape index (κ1) is 11.0. The zero-order chi connectivity index (χ0) is 10.7. The normalized spacial score (nSPS) is 10.6. The van der Waals surface area contributed by atoms with Gasteiger partial charge >= 0.3 is 0 Å². The number of aromatic nitrogens is 1. The summed E-state index contributed by atoms with van der Waals surface area (Å²) in [4.78, 5) is 14.4. The third-order valence-corrected chi connectivity index (χ3v) is 2.24. The van der Waals surface area contributed by atoms with Gasteiger partial charge in [-0.05, 0) is 11.6 Å². The Hall–Kier alpha value is -1.04. The number of carbonyl (C=O) groups excluding carboxylic acids is 1. The minimum absolute atomic E-state index is 0.0761. The summed E-state index contributed by atoms with van der Waals surface area (Å²) in [6.07, 6.45) is -1.48. The monoisotopic (exact) mass is 264 g/mol. The van der Waals surface area contributed by atoms with E-state index in [-0.39, 0.29) is 5.56 Å². The number of nitrogens with two attached hydrogens (primary N) is 1. The molecule has 1 aromatic rings. The van der Waals surface area contributed by atoms with Gasteiger partial charge in [0.1, 0.15) is 5.69 Å². The Morgan fingerprint density at radius 3 is 2.71 bits per heavy atom. The van der Waals surface area contributed by atoms with Crippen molar-refractivity contribution in [2.75, 3.05) is 0 Å². The molecule has 0 aliphatic heterocycles. The van der Waals surface area contributed by atoms with Crippen molar-refractivity contribution in [3.63, 3.8) is 0 Å². The third-order valence-electron chi connectivity index (χ3n) is 1.64. The number of rotatable bonds is 3. The molecule has 1 aromatic heterocycles. The topological polar surface area (TPSA) is 56.0 Å². The fraction of sp³-hybridized carbons (Fsp3) is 0.250. The first-order chi connectivity index (χ1) is 6.56. The molecule has 0 aliphatic carbocycles. The molecule has 0 saturated heterocycles. The van der Waals surface area contributed by atoms with Crippen LogP contribution in [0.4, 0.5) is 8.78 Å². The lowest BCUT2D eigenvalue weighted by molar-refractivity contribution is 0.0998. The van der Waals surface area contributed by atoms with Crippen molar-refractivity contribution >= 4 is 21.8 Å². The van der Waals surface area contributed by atoms with E-state index in [0.29, 0.717) is 10.9 Å². The van der Waals surface area contributed by atoms with E-state index in [2.05, 4.69) is 20.9 Å². The Labute approximate surface area is 87.4 Å². The van der Waals surface area contributed by atoms with E-state index in [1.807, 2.05) is 0 Å². The zero-order valence-electron chi connectivity index (χ0n) is 7.01. The van der Waals surface area contributed by atoms with Crippen LogP contribution in [0.3, 0.4) is 0 Å². The van der Waals surface area contributed by atoms with Crippen LogP contribution in [0.25, 0.3) is 0 Å². The van der Waals surface area contributed by atoms with Crippen LogP contribution >= 0.6 is 15.9 Å². The minimum Gasteiger partial charge on any atom is -0.366 e. The van der Waals surface area contributed by atoms with Gasteiger partial charge in [-0.2, -0.15) is 0 Å². The van der Waals surface area contributed by atoms with Gasteiger partial charge in [0.25, 0.3) is 6.43 Å². The molecule has 3 nitrogen and oxygen atoms in total. The average molecular weight is 265 g/mol. The molecule has 0 aromatic carbocycles. The van der Waals surface area contributed by atoms with Crippen LogP contribution in [0.1, 0.15) is 28.0 Å². The summed E-state index contributed by atoms with van der Waals surface area (Å²) in [5, 5.41) is 0.349. The Bertz CT molecular complexity index is 357. The minimum atomic E-state index is -2.70. The van der Waals surface area contributed by atoms with Crippen molar-refractivity contribution < 1.29 is 13.6 Å². The van der Waals surface area contributed by atoms with Crippen LogP contribution in [0, 0.1) is 0 Å². The SMILES string of the molecule is NC(=O)c1cc(C(F)F)ncc1CBr. The van der Waals surface area contributed by atoms with Crippen LogP contribution in [0.15, 0.2) is 12.3 Å². The van der Waals surface area contributed by atoms with E-state index in [0.717, 1.165) is 6.07 Å². The highest BCUT2D eigenvalue weighted by Crippen LogP contribution is 2.20. The number of hydrogen-bond donors (Lipinski definition) is 1. The number of primary amides is 1. The molecule has 76 valence electrons. The fourth-order valence-corrected chi connectivity index (χ4v) is 1.40. The number of amides is 1. The summed E-state index contributed by atoms with van der Waals surface area (Å²) in [5.74, 6) is -0.733. The third kappa shape index (κ3) is 2.25. The first-order valence-electron chi connectivity index (χ1n) is 3.69. The Kier molecular flexibility index (Phi) is 3.51. The maximum Gasteiger partial charge on any atom is 0.280 e. The Morgan fingerprint density at radius 1 is 1.64 bits per heavy atom. The lowest BCUT2D eigenvalue weighted by atomic mass is 10.1. The zero-order valence-corrected chi connectivity index (χ0v) is 8.59. The van der Waals surface area contributed by atoms with E-state index < -0.39 is 18.0 Å². The number of hydrogen-bond acceptors (Lipinski definition) is 2. The summed E-state index contributed by atoms with van der Waals surface area (Å²) in [5.41, 5.74) is 5.16. The Morgan fingerprint density at radius 2 is 2.29 bits per heavy atom. The van der Waals surface area contributed by atoms with Crippen molar-refractivity contribution in [1.29, 1.82) is 0 Å². The standard InChI is InChI=1S/C8H7BrF2N2O/c9-2-4-3-13-6(7(10)11)1-5(4)8(12)14/h1,3,7H,2H2,(H2,12,14). The molecule has 1 heterocycles. The van der Waals surface area contributed by atoms with Crippen molar-refractivity contribution in [2.24, 2.45) is 5.73 Å². The summed E-state index contributed by atoms with van der Waals surface area (Å²) >= 11 is 3.10. The summed E-state index contributed by atoms with van der Waals surface area (Å²) in [6, 6.07) is 1.02. The molecule has 2 N–H and O–H groups in total. The van der Waals surface area contributed by atoms with Crippen LogP contribution in [0.2, 0.25) is 0 Å². The first-order valence-corrected chi connectivity index (χ1v) is 4.81. The lowest BCUT2D eigenvalue weighted by Gasteiger charge is -2.05.